The normalized spacial score (nSPS) is 14.2. The molecule has 0 saturated carbocycles. The first-order chi connectivity index (χ1) is 18.5. The number of hydrogen-bond acceptors (Lipinski definition) is 8. The number of halogens is 1. The van der Waals surface area contributed by atoms with E-state index in [9.17, 15) is 9.59 Å². The van der Waals surface area contributed by atoms with Crippen molar-refractivity contribution >= 4 is 35.8 Å². The van der Waals surface area contributed by atoms with E-state index in [1.165, 1.54) is 6.20 Å². The molecule has 1 saturated heterocycles. The van der Waals surface area contributed by atoms with Gasteiger partial charge in [0.25, 0.3) is 5.91 Å². The molecule has 3 heterocycles. The van der Waals surface area contributed by atoms with Gasteiger partial charge in [-0.2, -0.15) is 5.10 Å². The van der Waals surface area contributed by atoms with Crippen molar-refractivity contribution in [3.63, 3.8) is 0 Å². The molecule has 2 aromatic heterocycles. The summed E-state index contributed by atoms with van der Waals surface area (Å²) in [6, 6.07) is 16.5. The Morgan fingerprint density at radius 1 is 1.10 bits per heavy atom. The minimum absolute atomic E-state index is 0. The van der Waals surface area contributed by atoms with Gasteiger partial charge in [0.1, 0.15) is 0 Å². The Kier molecular flexibility index (Phi) is 8.90. The molecule has 39 heavy (non-hydrogen) atoms. The first kappa shape index (κ1) is 27.7. The fraction of sp³-hybridized carbons (Fsp3) is 0.250. The van der Waals surface area contributed by atoms with Gasteiger partial charge < -0.3 is 21.1 Å². The van der Waals surface area contributed by atoms with Crippen LogP contribution in [0, 0.1) is 6.92 Å². The first-order valence-electron chi connectivity index (χ1n) is 12.5. The van der Waals surface area contributed by atoms with Crippen molar-refractivity contribution < 1.29 is 14.3 Å². The van der Waals surface area contributed by atoms with E-state index >= 15 is 0 Å². The molecule has 0 aliphatic carbocycles. The number of hydrogen-bond donors (Lipinski definition) is 3. The van der Waals surface area contributed by atoms with E-state index in [0.717, 1.165) is 31.5 Å². The quantitative estimate of drug-likeness (QED) is 0.294. The van der Waals surface area contributed by atoms with Crippen molar-refractivity contribution in [1.29, 1.82) is 0 Å². The highest BCUT2D eigenvalue weighted by atomic mass is 35.5. The predicted octanol–water partition coefficient (Wildman–Crippen LogP) is 4.11. The van der Waals surface area contributed by atoms with Crippen molar-refractivity contribution in [3.8, 4) is 11.3 Å². The van der Waals surface area contributed by atoms with E-state index in [1.807, 2.05) is 42.1 Å². The number of anilines is 2. The standard InChI is InChI=1S/C28H29N7O3.ClH/c1-18-6-5-9-21(14-18)33-27(36)25(19-7-3-2-4-8-19)38-28(37)24-26(29)31-16-23(34-24)20-15-32-35(17-20)22-10-12-30-13-11-22;/h2-9,14-17,22,25,30H,10-13H2,1H3,(H2,29,31)(H,33,36);1H/t25-;/m1./s1. The lowest BCUT2D eigenvalue weighted by Gasteiger charge is -2.22. The first-order valence-corrected chi connectivity index (χ1v) is 12.5. The third-order valence-corrected chi connectivity index (χ3v) is 6.43. The summed E-state index contributed by atoms with van der Waals surface area (Å²) in [5.41, 5.74) is 9.09. The molecule has 4 N–H and O–H groups in total. The number of aromatic nitrogens is 4. The zero-order valence-corrected chi connectivity index (χ0v) is 22.2. The maximum atomic E-state index is 13.3. The lowest BCUT2D eigenvalue weighted by atomic mass is 10.1. The van der Waals surface area contributed by atoms with E-state index < -0.39 is 18.0 Å². The number of amides is 1. The van der Waals surface area contributed by atoms with Crippen LogP contribution in [0.15, 0.2) is 73.2 Å². The van der Waals surface area contributed by atoms with Crippen LogP contribution in [0.3, 0.4) is 0 Å². The van der Waals surface area contributed by atoms with Crippen molar-refractivity contribution in [3.05, 3.63) is 90.0 Å². The van der Waals surface area contributed by atoms with Crippen molar-refractivity contribution in [1.82, 2.24) is 25.1 Å². The van der Waals surface area contributed by atoms with Crippen LogP contribution < -0.4 is 16.4 Å². The van der Waals surface area contributed by atoms with Gasteiger partial charge in [-0.1, -0.05) is 42.5 Å². The lowest BCUT2D eigenvalue weighted by molar-refractivity contribution is -0.125. The van der Waals surface area contributed by atoms with Gasteiger partial charge in [-0.15, -0.1) is 12.4 Å². The van der Waals surface area contributed by atoms with Crippen molar-refractivity contribution in [2.75, 3.05) is 24.1 Å². The van der Waals surface area contributed by atoms with Gasteiger partial charge >= 0.3 is 5.97 Å². The molecule has 1 atom stereocenters. The van der Waals surface area contributed by atoms with Gasteiger partial charge in [0.2, 0.25) is 6.10 Å². The second-order valence-corrected chi connectivity index (χ2v) is 9.23. The van der Waals surface area contributed by atoms with E-state index in [-0.39, 0.29) is 23.9 Å². The molecule has 0 radical (unpaired) electrons. The van der Waals surface area contributed by atoms with Gasteiger partial charge in [0.15, 0.2) is 11.5 Å². The molecule has 1 fully saturated rings. The number of carbonyl (C=O) groups is 2. The molecule has 1 aliphatic rings. The maximum absolute atomic E-state index is 13.3. The molecule has 1 aliphatic heterocycles. The maximum Gasteiger partial charge on any atom is 0.361 e. The largest absolute Gasteiger partial charge is 0.442 e. The number of benzene rings is 2. The number of nitrogen functional groups attached to an aromatic ring is 1. The van der Waals surface area contributed by atoms with Crippen LogP contribution in [0.4, 0.5) is 11.5 Å². The van der Waals surface area contributed by atoms with Crippen LogP contribution in [0.25, 0.3) is 11.3 Å². The molecule has 0 bridgehead atoms. The summed E-state index contributed by atoms with van der Waals surface area (Å²) < 4.78 is 7.62. The highest BCUT2D eigenvalue weighted by molar-refractivity contribution is 5.99. The van der Waals surface area contributed by atoms with Crippen LogP contribution in [-0.4, -0.2) is 44.7 Å². The summed E-state index contributed by atoms with van der Waals surface area (Å²) in [5, 5.41) is 10.7. The molecule has 4 aromatic rings. The molecule has 202 valence electrons. The highest BCUT2D eigenvalue weighted by Gasteiger charge is 2.28. The third-order valence-electron chi connectivity index (χ3n) is 6.43. The van der Waals surface area contributed by atoms with Crippen molar-refractivity contribution in [2.24, 2.45) is 0 Å². The van der Waals surface area contributed by atoms with E-state index in [0.29, 0.717) is 28.6 Å². The number of rotatable bonds is 7. The summed E-state index contributed by atoms with van der Waals surface area (Å²) in [6.45, 7) is 3.81. The van der Waals surface area contributed by atoms with Gasteiger partial charge in [-0.25, -0.2) is 14.8 Å². The second-order valence-electron chi connectivity index (χ2n) is 9.23. The van der Waals surface area contributed by atoms with Gasteiger partial charge in [-0.05, 0) is 50.6 Å². The van der Waals surface area contributed by atoms with Crippen LogP contribution in [0.5, 0.6) is 0 Å². The van der Waals surface area contributed by atoms with E-state index in [4.69, 9.17) is 10.5 Å². The number of nitrogens with zero attached hydrogens (tertiary/aromatic N) is 4. The third kappa shape index (κ3) is 6.60. The summed E-state index contributed by atoms with van der Waals surface area (Å²) in [6.07, 6.45) is 5.83. The number of piperidine rings is 1. The number of nitrogens with two attached hydrogens (primary N) is 1. The lowest BCUT2D eigenvalue weighted by Crippen LogP contribution is -2.29. The van der Waals surface area contributed by atoms with Crippen LogP contribution >= 0.6 is 12.4 Å². The molecule has 0 unspecified atom stereocenters. The Hall–Kier alpha value is -4.28. The molecule has 11 heteroatoms. The molecular weight excluding hydrogens is 518 g/mol. The predicted molar refractivity (Wildman–Crippen MR) is 150 cm³/mol. The minimum atomic E-state index is -1.23. The topological polar surface area (TPSA) is 137 Å². The molecule has 10 nitrogen and oxygen atoms in total. The minimum Gasteiger partial charge on any atom is -0.442 e. The number of esters is 1. The highest BCUT2D eigenvalue weighted by Crippen LogP contribution is 2.26. The monoisotopic (exact) mass is 547 g/mol. The number of nitrogens with one attached hydrogen (secondary N) is 2. The molecule has 2 aromatic carbocycles. The Bertz CT molecular complexity index is 1440. The zero-order valence-electron chi connectivity index (χ0n) is 21.4. The van der Waals surface area contributed by atoms with E-state index in [2.05, 4.69) is 25.7 Å². The summed E-state index contributed by atoms with van der Waals surface area (Å²) in [5.74, 6) is -1.44. The Balaban J connectivity index is 0.00000353. The SMILES string of the molecule is Cc1cccc(NC(=O)[C@H](OC(=O)c2nc(-c3cnn(C4CCNCC4)c3)cnc2N)c2ccccc2)c1.Cl. The van der Waals surface area contributed by atoms with Gasteiger partial charge in [-0.3, -0.25) is 9.48 Å². The van der Waals surface area contributed by atoms with Gasteiger partial charge in [0.05, 0.1) is 24.1 Å². The van der Waals surface area contributed by atoms with Gasteiger partial charge in [0, 0.05) is 23.0 Å². The summed E-state index contributed by atoms with van der Waals surface area (Å²) in [4.78, 5) is 35.1. The molecule has 1 amide bonds. The molecule has 0 spiro atoms. The fourth-order valence-corrected chi connectivity index (χ4v) is 4.42. The summed E-state index contributed by atoms with van der Waals surface area (Å²) in [7, 11) is 0. The molecule has 5 rings (SSSR count). The Morgan fingerprint density at radius 3 is 2.62 bits per heavy atom. The molecular formula is C28H30ClN7O3. The zero-order chi connectivity index (χ0) is 26.5. The Morgan fingerprint density at radius 2 is 1.87 bits per heavy atom. The number of ether oxygens (including phenoxy) is 1. The van der Waals surface area contributed by atoms with Crippen molar-refractivity contribution in [2.45, 2.75) is 31.9 Å². The fourth-order valence-electron chi connectivity index (χ4n) is 4.42. The Labute approximate surface area is 232 Å². The smallest absolute Gasteiger partial charge is 0.361 e. The number of aryl methyl sites for hydroxylation is 1. The second kappa shape index (κ2) is 12.5. The van der Waals surface area contributed by atoms with Crippen LogP contribution in [0.2, 0.25) is 0 Å². The van der Waals surface area contributed by atoms with Crippen LogP contribution in [0.1, 0.15) is 46.6 Å². The van der Waals surface area contributed by atoms with Crippen LogP contribution in [-0.2, 0) is 9.53 Å². The average molecular weight is 548 g/mol. The summed E-state index contributed by atoms with van der Waals surface area (Å²) >= 11 is 0. The number of carbonyl (C=O) groups excluding carboxylic acids is 2. The average Bonchev–Trinajstić information content (AvgIpc) is 3.43. The van der Waals surface area contributed by atoms with E-state index in [1.54, 1.807) is 36.5 Å².